The van der Waals surface area contributed by atoms with Crippen LogP contribution in [0.5, 0.6) is 0 Å². The first-order chi connectivity index (χ1) is 11.5. The Hall–Kier alpha value is -2.92. The zero-order chi connectivity index (χ0) is 17.5. The molecular formula is C17H18N2O5. The number of fused-ring (bicyclic) bond motifs is 1. The average Bonchev–Trinajstić information content (AvgIpc) is 2.97. The molecule has 1 aromatic carbocycles. The van der Waals surface area contributed by atoms with Gasteiger partial charge in [0.15, 0.2) is 0 Å². The van der Waals surface area contributed by atoms with Crippen LogP contribution in [-0.2, 0) is 9.59 Å². The first kappa shape index (κ1) is 17.4. The Bertz CT molecular complexity index is 789. The molecule has 1 atom stereocenters. The Kier molecular flexibility index (Phi) is 5.87. The van der Waals surface area contributed by atoms with Crippen LogP contribution in [0.15, 0.2) is 33.7 Å². The molecule has 1 heterocycles. The van der Waals surface area contributed by atoms with Crippen molar-refractivity contribution in [1.29, 1.82) is 0 Å². The first-order valence-electron chi connectivity index (χ1n) is 7.66. The Morgan fingerprint density at radius 2 is 2.12 bits per heavy atom. The molecule has 1 unspecified atom stereocenters. The van der Waals surface area contributed by atoms with E-state index in [9.17, 15) is 14.4 Å². The summed E-state index contributed by atoms with van der Waals surface area (Å²) >= 11 is 0. The molecule has 0 saturated heterocycles. The molecule has 0 spiro atoms. The summed E-state index contributed by atoms with van der Waals surface area (Å²) in [6.45, 7) is 2.25. The molecule has 0 aliphatic rings. The molecule has 2 N–H and O–H groups in total. The van der Waals surface area contributed by atoms with Gasteiger partial charge in [-0.05, 0) is 37.1 Å². The van der Waals surface area contributed by atoms with E-state index in [1.165, 1.54) is 12.1 Å². The van der Waals surface area contributed by atoms with Gasteiger partial charge in [0.25, 0.3) is 0 Å². The molecule has 2 aromatic rings. The summed E-state index contributed by atoms with van der Waals surface area (Å²) in [4.78, 5) is 36.9. The second kappa shape index (κ2) is 8.08. The third-order valence-electron chi connectivity index (χ3n) is 3.66. The number of benzene rings is 1. The monoisotopic (exact) mass is 330 g/mol. The van der Waals surface area contributed by atoms with Crippen molar-refractivity contribution < 1.29 is 23.9 Å². The Morgan fingerprint density at radius 3 is 2.79 bits per heavy atom. The highest BCUT2D eigenvalue weighted by atomic mass is 16.4. The number of hydrogen-bond acceptors (Lipinski definition) is 5. The minimum Gasteiger partial charge on any atom is -0.475 e. The van der Waals surface area contributed by atoms with Crippen molar-refractivity contribution in [2.24, 2.45) is 10.9 Å². The smallest absolute Gasteiger partial charge is 0.371 e. The highest BCUT2D eigenvalue weighted by molar-refractivity contribution is 5.96. The number of nitrogens with one attached hydrogen (secondary N) is 1. The molecule has 0 fully saturated rings. The van der Waals surface area contributed by atoms with E-state index in [1.54, 1.807) is 18.2 Å². The molecule has 7 heteroatoms. The van der Waals surface area contributed by atoms with E-state index in [-0.39, 0.29) is 24.1 Å². The van der Waals surface area contributed by atoms with E-state index in [4.69, 9.17) is 9.52 Å². The Morgan fingerprint density at radius 1 is 1.33 bits per heavy atom. The van der Waals surface area contributed by atoms with Crippen LogP contribution in [-0.4, -0.2) is 29.6 Å². The molecule has 1 amide bonds. The number of anilines is 1. The summed E-state index contributed by atoms with van der Waals surface area (Å²) in [6, 6.07) is 6.34. The molecule has 0 radical (unpaired) electrons. The van der Waals surface area contributed by atoms with E-state index >= 15 is 0 Å². The molecule has 0 bridgehead atoms. The van der Waals surface area contributed by atoms with Crippen LogP contribution in [0.2, 0.25) is 0 Å². The molecule has 0 aliphatic carbocycles. The number of carboxylic acids is 1. The zero-order valence-corrected chi connectivity index (χ0v) is 13.2. The van der Waals surface area contributed by atoms with E-state index < -0.39 is 5.97 Å². The molecule has 0 aliphatic heterocycles. The fourth-order valence-electron chi connectivity index (χ4n) is 2.49. The summed E-state index contributed by atoms with van der Waals surface area (Å²) in [5, 5.41) is 12.4. The van der Waals surface area contributed by atoms with E-state index in [0.717, 1.165) is 6.42 Å². The number of carbonyl (C=O) groups is 2. The van der Waals surface area contributed by atoms with Gasteiger partial charge in [-0.2, -0.15) is 0 Å². The minimum absolute atomic E-state index is 0.149. The van der Waals surface area contributed by atoms with Crippen LogP contribution in [0.1, 0.15) is 36.7 Å². The number of nitrogens with zero attached hydrogens (tertiary/aromatic N) is 1. The molecule has 126 valence electrons. The number of aliphatic imine (C=N–C) groups is 1. The predicted octanol–water partition coefficient (Wildman–Crippen LogP) is 3.21. The molecular weight excluding hydrogens is 312 g/mol. The molecule has 7 nitrogen and oxygen atoms in total. The number of amides is 1. The highest BCUT2D eigenvalue weighted by Crippen LogP contribution is 2.24. The van der Waals surface area contributed by atoms with Gasteiger partial charge in [0.05, 0.1) is 6.54 Å². The van der Waals surface area contributed by atoms with Gasteiger partial charge in [0.2, 0.25) is 17.7 Å². The van der Waals surface area contributed by atoms with Gasteiger partial charge in [-0.3, -0.25) is 4.79 Å². The molecule has 1 aromatic heterocycles. The number of furan rings is 1. The fourth-order valence-corrected chi connectivity index (χ4v) is 2.49. The number of carboxylic acid groups (broad SMARTS) is 1. The number of isocyanates is 1. The van der Waals surface area contributed by atoms with Crippen LogP contribution in [0.3, 0.4) is 0 Å². The number of aromatic carboxylic acids is 1. The van der Waals surface area contributed by atoms with Crippen LogP contribution in [0, 0.1) is 5.92 Å². The van der Waals surface area contributed by atoms with Gasteiger partial charge in [0.1, 0.15) is 5.58 Å². The van der Waals surface area contributed by atoms with Crippen LogP contribution in [0.25, 0.3) is 11.0 Å². The van der Waals surface area contributed by atoms with Gasteiger partial charge < -0.3 is 14.8 Å². The van der Waals surface area contributed by atoms with Gasteiger partial charge in [-0.15, -0.1) is 0 Å². The lowest BCUT2D eigenvalue weighted by atomic mass is 9.98. The lowest BCUT2D eigenvalue weighted by Crippen LogP contribution is -2.23. The third-order valence-corrected chi connectivity index (χ3v) is 3.66. The van der Waals surface area contributed by atoms with Gasteiger partial charge >= 0.3 is 5.97 Å². The second-order valence-electron chi connectivity index (χ2n) is 5.40. The highest BCUT2D eigenvalue weighted by Gasteiger charge is 2.18. The molecule has 24 heavy (non-hydrogen) atoms. The quantitative estimate of drug-likeness (QED) is 0.570. The Labute approximate surface area is 138 Å². The standard InChI is InChI=1S/C17H18N2O5/c1-2-3-11(6-7-18-10-20)16(21)19-13-4-5-14-12(8-13)9-15(24-14)17(22)23/h4-5,8-9,11H,2-3,6-7H2,1H3,(H,19,21)(H,22,23). The number of rotatable bonds is 8. The van der Waals surface area contributed by atoms with Crippen LogP contribution in [0.4, 0.5) is 5.69 Å². The van der Waals surface area contributed by atoms with Crippen molar-refractivity contribution in [3.63, 3.8) is 0 Å². The van der Waals surface area contributed by atoms with Gasteiger partial charge in [-0.1, -0.05) is 13.3 Å². The zero-order valence-electron chi connectivity index (χ0n) is 13.2. The van der Waals surface area contributed by atoms with E-state index in [2.05, 4.69) is 10.3 Å². The first-order valence-corrected chi connectivity index (χ1v) is 7.66. The summed E-state index contributed by atoms with van der Waals surface area (Å²) in [5.74, 6) is -1.69. The van der Waals surface area contributed by atoms with Crippen molar-refractivity contribution in [2.75, 3.05) is 11.9 Å². The summed E-state index contributed by atoms with van der Waals surface area (Å²) in [6.07, 6.45) is 3.48. The van der Waals surface area contributed by atoms with Crippen molar-refractivity contribution in [1.82, 2.24) is 0 Å². The predicted molar refractivity (Wildman–Crippen MR) is 87.8 cm³/mol. The van der Waals surface area contributed by atoms with E-state index in [1.807, 2.05) is 6.92 Å². The normalized spacial score (nSPS) is 11.7. The van der Waals surface area contributed by atoms with E-state index in [0.29, 0.717) is 29.5 Å². The fraction of sp³-hybridized carbons (Fsp3) is 0.353. The minimum atomic E-state index is -1.14. The van der Waals surface area contributed by atoms with Crippen LogP contribution >= 0.6 is 0 Å². The largest absolute Gasteiger partial charge is 0.475 e. The lowest BCUT2D eigenvalue weighted by molar-refractivity contribution is -0.120. The molecule has 2 rings (SSSR count). The SMILES string of the molecule is CCCC(CCN=C=O)C(=O)Nc1ccc2oc(C(=O)O)cc2c1. The Balaban J connectivity index is 2.12. The second-order valence-corrected chi connectivity index (χ2v) is 5.40. The summed E-state index contributed by atoms with van der Waals surface area (Å²) in [7, 11) is 0. The number of carbonyl (C=O) groups excluding carboxylic acids is 2. The van der Waals surface area contributed by atoms with Crippen LogP contribution < -0.4 is 5.32 Å². The van der Waals surface area contributed by atoms with Crippen molar-refractivity contribution >= 4 is 34.6 Å². The van der Waals surface area contributed by atoms with Gasteiger partial charge in [0, 0.05) is 17.0 Å². The van der Waals surface area contributed by atoms with Crippen molar-refractivity contribution in [2.45, 2.75) is 26.2 Å². The van der Waals surface area contributed by atoms with Crippen molar-refractivity contribution in [3.8, 4) is 0 Å². The maximum atomic E-state index is 12.4. The average molecular weight is 330 g/mol. The maximum absolute atomic E-state index is 12.4. The van der Waals surface area contributed by atoms with Crippen molar-refractivity contribution in [3.05, 3.63) is 30.0 Å². The third kappa shape index (κ3) is 4.30. The number of hydrogen-bond donors (Lipinski definition) is 2. The molecule has 0 saturated carbocycles. The lowest BCUT2D eigenvalue weighted by Gasteiger charge is -2.14. The van der Waals surface area contributed by atoms with Gasteiger partial charge in [-0.25, -0.2) is 14.6 Å². The maximum Gasteiger partial charge on any atom is 0.371 e. The summed E-state index contributed by atoms with van der Waals surface area (Å²) < 4.78 is 5.18. The summed E-state index contributed by atoms with van der Waals surface area (Å²) in [5.41, 5.74) is 1.00. The topological polar surface area (TPSA) is 109 Å².